The molecule has 0 aliphatic carbocycles. The van der Waals surface area contributed by atoms with Crippen LogP contribution in [0.25, 0.3) is 22.4 Å². The van der Waals surface area contributed by atoms with E-state index in [1.807, 2.05) is 54.6 Å². The van der Waals surface area contributed by atoms with Gasteiger partial charge in [0, 0.05) is 18.7 Å². The van der Waals surface area contributed by atoms with Crippen molar-refractivity contribution in [2.45, 2.75) is 26.4 Å². The average Bonchev–Trinajstić information content (AvgIpc) is 3.00. The average molecular weight is 617 g/mol. The highest BCUT2D eigenvalue weighted by atomic mass is 79.9. The van der Waals surface area contributed by atoms with Gasteiger partial charge < -0.3 is 19.1 Å². The molecule has 0 bridgehead atoms. The number of pyridine rings is 1. The Hall–Kier alpha value is -4.09. The minimum Gasteiger partial charge on any atom is -0.495 e. The summed E-state index contributed by atoms with van der Waals surface area (Å²) in [6.07, 6.45) is 2.11. The summed E-state index contributed by atoms with van der Waals surface area (Å²) in [5.41, 5.74) is 3.52. The lowest BCUT2D eigenvalue weighted by Gasteiger charge is -2.33. The number of anilines is 1. The third-order valence-corrected chi connectivity index (χ3v) is 8.13. The van der Waals surface area contributed by atoms with Crippen LogP contribution in [0.3, 0.4) is 0 Å². The van der Waals surface area contributed by atoms with Gasteiger partial charge in [0.2, 0.25) is 0 Å². The largest absolute Gasteiger partial charge is 0.495 e. The Balaban J connectivity index is 1.68. The van der Waals surface area contributed by atoms with E-state index in [1.165, 1.54) is 12.1 Å². The van der Waals surface area contributed by atoms with E-state index >= 15 is 0 Å². The molecule has 8 heteroatoms. The van der Waals surface area contributed by atoms with Gasteiger partial charge in [0.1, 0.15) is 34.5 Å². The fourth-order valence-corrected chi connectivity index (χ4v) is 5.76. The van der Waals surface area contributed by atoms with Crippen molar-refractivity contribution in [1.82, 2.24) is 4.98 Å². The highest BCUT2D eigenvalue weighted by Crippen LogP contribution is 2.48. The topological polar surface area (TPSA) is 67.6 Å². The number of piperidine rings is 1. The molecule has 3 aromatic carbocycles. The summed E-state index contributed by atoms with van der Waals surface area (Å²) < 4.78 is 33.5. The van der Waals surface area contributed by atoms with Gasteiger partial charge in [-0.05, 0) is 70.1 Å². The fraction of sp³-hybridized carbons (Fsp3) is 0.273. The Morgan fingerprint density at radius 1 is 0.976 bits per heavy atom. The first kappa shape index (κ1) is 28.4. The van der Waals surface area contributed by atoms with Crippen molar-refractivity contribution < 1.29 is 18.6 Å². The number of halogens is 2. The number of benzene rings is 3. The maximum Gasteiger partial charge on any atom is 0.162 e. The van der Waals surface area contributed by atoms with Crippen molar-refractivity contribution in [2.75, 3.05) is 32.2 Å². The molecular weight excluding hydrogens is 585 g/mol. The SMILES string of the molecule is COc1ccc(-c2c(-c3ccc(C#N)c(F)c3)nc(N3CCC(C)CC3)c(Br)c2OC)cc1OCc1ccccc1. The summed E-state index contributed by atoms with van der Waals surface area (Å²) in [7, 11) is 3.22. The Morgan fingerprint density at radius 3 is 2.37 bits per heavy atom. The van der Waals surface area contributed by atoms with E-state index in [1.54, 1.807) is 20.3 Å². The van der Waals surface area contributed by atoms with Crippen LogP contribution < -0.4 is 19.1 Å². The fourth-order valence-electron chi connectivity index (χ4n) is 5.06. The molecule has 2 heterocycles. The van der Waals surface area contributed by atoms with Crippen LogP contribution in [0.15, 0.2) is 71.2 Å². The van der Waals surface area contributed by atoms with E-state index in [0.29, 0.717) is 46.6 Å². The molecule has 6 nitrogen and oxygen atoms in total. The van der Waals surface area contributed by atoms with Gasteiger partial charge in [-0.2, -0.15) is 5.26 Å². The van der Waals surface area contributed by atoms with Crippen molar-refractivity contribution in [2.24, 2.45) is 5.92 Å². The first-order valence-corrected chi connectivity index (χ1v) is 14.3. The molecule has 1 aliphatic rings. The molecule has 1 fully saturated rings. The van der Waals surface area contributed by atoms with Crippen LogP contribution in [0.2, 0.25) is 0 Å². The Bertz CT molecular complexity index is 1580. The first-order chi connectivity index (χ1) is 19.9. The molecule has 0 spiro atoms. The second-order valence-corrected chi connectivity index (χ2v) is 10.9. The normalized spacial score (nSPS) is 13.5. The molecule has 5 rings (SSSR count). The Labute approximate surface area is 248 Å². The smallest absolute Gasteiger partial charge is 0.162 e. The third kappa shape index (κ3) is 6.01. The molecule has 1 saturated heterocycles. The van der Waals surface area contributed by atoms with Gasteiger partial charge >= 0.3 is 0 Å². The highest BCUT2D eigenvalue weighted by Gasteiger charge is 2.27. The zero-order valence-corrected chi connectivity index (χ0v) is 24.9. The van der Waals surface area contributed by atoms with Gasteiger partial charge in [0.05, 0.1) is 31.0 Å². The van der Waals surface area contributed by atoms with Gasteiger partial charge in [0.25, 0.3) is 0 Å². The van der Waals surface area contributed by atoms with Crippen molar-refractivity contribution >= 4 is 21.7 Å². The zero-order chi connectivity index (χ0) is 28.9. The molecule has 0 unspecified atom stereocenters. The first-order valence-electron chi connectivity index (χ1n) is 13.5. The number of nitriles is 1. The monoisotopic (exact) mass is 615 g/mol. The van der Waals surface area contributed by atoms with Crippen LogP contribution in [-0.2, 0) is 6.61 Å². The summed E-state index contributed by atoms with van der Waals surface area (Å²) in [5.74, 6) is 2.50. The number of hydrogen-bond acceptors (Lipinski definition) is 6. The van der Waals surface area contributed by atoms with E-state index < -0.39 is 5.82 Å². The molecule has 0 saturated carbocycles. The molecule has 210 valence electrons. The van der Waals surface area contributed by atoms with Crippen LogP contribution in [0, 0.1) is 23.1 Å². The highest BCUT2D eigenvalue weighted by molar-refractivity contribution is 9.10. The Morgan fingerprint density at radius 2 is 1.71 bits per heavy atom. The molecule has 1 aliphatic heterocycles. The lowest BCUT2D eigenvalue weighted by molar-refractivity contribution is 0.284. The van der Waals surface area contributed by atoms with Crippen molar-refractivity contribution in [3.05, 3.63) is 88.1 Å². The lowest BCUT2D eigenvalue weighted by atomic mass is 9.96. The Kier molecular flexibility index (Phi) is 8.75. The van der Waals surface area contributed by atoms with E-state index in [0.717, 1.165) is 47.3 Å². The summed E-state index contributed by atoms with van der Waals surface area (Å²) in [4.78, 5) is 7.35. The molecular formula is C33H31BrFN3O3. The number of rotatable bonds is 8. The van der Waals surface area contributed by atoms with Gasteiger partial charge in [-0.3, -0.25) is 0 Å². The van der Waals surface area contributed by atoms with Crippen LogP contribution in [0.4, 0.5) is 10.2 Å². The van der Waals surface area contributed by atoms with Gasteiger partial charge in [-0.25, -0.2) is 9.37 Å². The molecule has 41 heavy (non-hydrogen) atoms. The maximum absolute atomic E-state index is 14.9. The molecule has 1 aromatic heterocycles. The molecule has 0 radical (unpaired) electrons. The van der Waals surface area contributed by atoms with Gasteiger partial charge in [-0.1, -0.05) is 49.4 Å². The van der Waals surface area contributed by atoms with Crippen molar-refractivity contribution in [3.8, 4) is 45.7 Å². The van der Waals surface area contributed by atoms with E-state index in [-0.39, 0.29) is 5.56 Å². The van der Waals surface area contributed by atoms with Crippen LogP contribution >= 0.6 is 15.9 Å². The number of aromatic nitrogens is 1. The second-order valence-electron chi connectivity index (χ2n) is 10.1. The van der Waals surface area contributed by atoms with E-state index in [4.69, 9.17) is 19.2 Å². The quantitative estimate of drug-likeness (QED) is 0.200. The predicted molar refractivity (Wildman–Crippen MR) is 162 cm³/mol. The van der Waals surface area contributed by atoms with Crippen molar-refractivity contribution in [1.29, 1.82) is 5.26 Å². The number of ether oxygens (including phenoxy) is 3. The number of nitrogens with zero attached hydrogens (tertiary/aromatic N) is 3. The number of methoxy groups -OCH3 is 2. The lowest BCUT2D eigenvalue weighted by Crippen LogP contribution is -2.33. The summed E-state index contributed by atoms with van der Waals surface area (Å²) >= 11 is 3.79. The summed E-state index contributed by atoms with van der Waals surface area (Å²) in [6.45, 7) is 4.34. The number of hydrogen-bond donors (Lipinski definition) is 0. The zero-order valence-electron chi connectivity index (χ0n) is 23.3. The van der Waals surface area contributed by atoms with Crippen LogP contribution in [0.1, 0.15) is 30.9 Å². The predicted octanol–water partition coefficient (Wildman–Crippen LogP) is 8.02. The second kappa shape index (κ2) is 12.6. The molecule has 4 aromatic rings. The standard InChI is InChI=1S/C33H31BrFN3O3/c1-21-13-15-38(16-14-21)33-30(34)32(40-3)29(31(37-33)24-9-10-25(19-36)26(35)17-24)23-11-12-27(39-2)28(18-23)41-20-22-7-5-4-6-8-22/h4-12,17-18,21H,13-16,20H2,1-3H3. The van der Waals surface area contributed by atoms with Crippen LogP contribution in [0.5, 0.6) is 17.2 Å². The summed E-state index contributed by atoms with van der Waals surface area (Å²) in [6, 6.07) is 22.0. The minimum atomic E-state index is -0.602. The van der Waals surface area contributed by atoms with E-state index in [9.17, 15) is 9.65 Å². The van der Waals surface area contributed by atoms with Crippen molar-refractivity contribution in [3.63, 3.8) is 0 Å². The summed E-state index contributed by atoms with van der Waals surface area (Å²) in [5, 5.41) is 9.32. The maximum atomic E-state index is 14.9. The van der Waals surface area contributed by atoms with Gasteiger partial charge in [-0.15, -0.1) is 0 Å². The molecule has 0 atom stereocenters. The minimum absolute atomic E-state index is 0.0225. The molecule has 0 N–H and O–H groups in total. The van der Waals surface area contributed by atoms with Gasteiger partial charge in [0.15, 0.2) is 11.5 Å². The molecule has 0 amide bonds. The third-order valence-electron chi connectivity index (χ3n) is 7.42. The van der Waals surface area contributed by atoms with Crippen LogP contribution in [-0.4, -0.2) is 32.3 Å². The van der Waals surface area contributed by atoms with E-state index in [2.05, 4.69) is 27.8 Å².